The zero-order valence-electron chi connectivity index (χ0n) is 14.5. The number of amides is 1. The maximum absolute atomic E-state index is 12.6. The molecule has 6 heteroatoms. The van der Waals surface area contributed by atoms with Crippen LogP contribution in [0.1, 0.15) is 39.2 Å². The quantitative estimate of drug-likeness (QED) is 0.649. The fourth-order valence-corrected chi connectivity index (χ4v) is 3.77. The number of benzene rings is 1. The molecule has 1 aliphatic rings. The molecule has 1 amide bonds. The number of ether oxygens (including phenoxy) is 1. The third-order valence-electron chi connectivity index (χ3n) is 4.16. The summed E-state index contributed by atoms with van der Waals surface area (Å²) in [5, 5.41) is 10.1. The average Bonchev–Trinajstić information content (AvgIpc) is 2.83. The second-order valence-electron chi connectivity index (χ2n) is 7.37. The third-order valence-corrected chi connectivity index (χ3v) is 4.93. The summed E-state index contributed by atoms with van der Waals surface area (Å²) in [6, 6.07) is 7.67. The van der Waals surface area contributed by atoms with E-state index >= 15 is 0 Å². The van der Waals surface area contributed by atoms with E-state index < -0.39 is 10.6 Å². The van der Waals surface area contributed by atoms with Crippen molar-refractivity contribution in [3.05, 3.63) is 29.8 Å². The fraction of sp³-hybridized carbons (Fsp3) is 0.588. The SMILES string of the molecule is CC(C)(C)OC(=O)N1[C@@H](Cc2ccc(N)cc2)CC[C@@H]1[C@H](O)[AlH2]. The first-order valence-corrected chi connectivity index (χ1v) is 9.36. The van der Waals surface area contributed by atoms with Gasteiger partial charge in [-0.3, -0.25) is 0 Å². The molecule has 1 aromatic carbocycles. The minimum absolute atomic E-state index is 0.0575. The monoisotopic (exact) mass is 334 g/mol. The Morgan fingerprint density at radius 1 is 1.39 bits per heavy atom. The number of aliphatic hydroxyl groups is 1. The smallest absolute Gasteiger partial charge is 0.410 e. The molecule has 1 fully saturated rings. The average molecular weight is 334 g/mol. The lowest BCUT2D eigenvalue weighted by Gasteiger charge is -2.34. The summed E-state index contributed by atoms with van der Waals surface area (Å²) < 4.78 is 5.56. The van der Waals surface area contributed by atoms with Crippen molar-refractivity contribution in [2.75, 3.05) is 5.73 Å². The summed E-state index contributed by atoms with van der Waals surface area (Å²) in [7, 11) is 0. The van der Waals surface area contributed by atoms with Crippen molar-refractivity contribution in [1.29, 1.82) is 0 Å². The lowest BCUT2D eigenvalue weighted by atomic mass is 10.0. The minimum Gasteiger partial charge on any atom is -0.444 e. The van der Waals surface area contributed by atoms with Crippen LogP contribution in [0.5, 0.6) is 0 Å². The number of likely N-dealkylation sites (tertiary alicyclic amines) is 1. The number of rotatable bonds is 3. The van der Waals surface area contributed by atoms with Gasteiger partial charge in [0.2, 0.25) is 0 Å². The summed E-state index contributed by atoms with van der Waals surface area (Å²) in [6.07, 6.45) is 2.14. The minimum atomic E-state index is -0.536. The van der Waals surface area contributed by atoms with Gasteiger partial charge >= 0.3 is 6.09 Å². The van der Waals surface area contributed by atoms with Gasteiger partial charge in [0.1, 0.15) is 5.60 Å². The molecule has 1 saturated heterocycles. The van der Waals surface area contributed by atoms with Gasteiger partial charge < -0.3 is 20.5 Å². The number of carbonyl (C=O) groups excluding carboxylic acids is 1. The van der Waals surface area contributed by atoms with Crippen molar-refractivity contribution in [2.24, 2.45) is 0 Å². The molecule has 23 heavy (non-hydrogen) atoms. The molecule has 0 radical (unpaired) electrons. The van der Waals surface area contributed by atoms with E-state index in [1.807, 2.05) is 45.0 Å². The van der Waals surface area contributed by atoms with Crippen LogP contribution in [-0.2, 0) is 11.2 Å². The van der Waals surface area contributed by atoms with E-state index in [2.05, 4.69) is 0 Å². The molecule has 0 aliphatic carbocycles. The van der Waals surface area contributed by atoms with Crippen LogP contribution in [0.4, 0.5) is 10.5 Å². The Bertz CT molecular complexity index is 540. The van der Waals surface area contributed by atoms with Gasteiger partial charge in [0.25, 0.3) is 16.3 Å². The van der Waals surface area contributed by atoms with E-state index in [9.17, 15) is 9.90 Å². The Balaban J connectivity index is 2.16. The maximum atomic E-state index is 12.6. The van der Waals surface area contributed by atoms with Gasteiger partial charge in [0.15, 0.2) is 0 Å². The number of aliphatic hydroxyl groups excluding tert-OH is 1. The molecule has 0 bridgehead atoms. The number of hydrogen-bond donors (Lipinski definition) is 2. The highest BCUT2D eigenvalue weighted by molar-refractivity contribution is 6.11. The number of nitrogens with two attached hydrogens (primary N) is 1. The normalized spacial score (nSPS) is 22.9. The van der Waals surface area contributed by atoms with E-state index in [-0.39, 0.29) is 18.2 Å². The molecule has 1 aliphatic heterocycles. The molecule has 0 unspecified atom stereocenters. The van der Waals surface area contributed by atoms with E-state index in [1.54, 1.807) is 4.90 Å². The first-order chi connectivity index (χ1) is 10.7. The molecule has 0 saturated carbocycles. The summed E-state index contributed by atoms with van der Waals surface area (Å²) in [5.74, 6) is 0. The summed E-state index contributed by atoms with van der Waals surface area (Å²) >= 11 is 0.640. The van der Waals surface area contributed by atoms with Crippen LogP contribution in [0.25, 0.3) is 0 Å². The second-order valence-corrected chi connectivity index (χ2v) is 8.56. The first kappa shape index (κ1) is 18.1. The summed E-state index contributed by atoms with van der Waals surface area (Å²) in [4.78, 5) is 14.0. The molecule has 0 spiro atoms. The second kappa shape index (κ2) is 7.13. The van der Waals surface area contributed by atoms with Crippen molar-refractivity contribution in [1.82, 2.24) is 4.90 Å². The zero-order chi connectivity index (χ0) is 17.2. The van der Waals surface area contributed by atoms with Gasteiger partial charge in [0.05, 0.1) is 0 Å². The molecule has 2 rings (SSSR count). The van der Waals surface area contributed by atoms with Crippen LogP contribution in [0, 0.1) is 0 Å². The lowest BCUT2D eigenvalue weighted by Crippen LogP contribution is -2.49. The standard InChI is InChI=1S/C17H25N2O3.Al.2H/c1-17(2,3)22-16(21)19-14(8-9-15(19)11-20)10-12-4-6-13(18)7-5-12;;;/h4-7,11,14-15,20H,8-10,18H2,1-3H3;;;/t14-,15-;;;/m1.../s1. The number of anilines is 1. The van der Waals surface area contributed by atoms with Gasteiger partial charge in [-0.2, -0.15) is 0 Å². The lowest BCUT2D eigenvalue weighted by molar-refractivity contribution is 0.00550. The highest BCUT2D eigenvalue weighted by Crippen LogP contribution is 2.30. The van der Waals surface area contributed by atoms with Gasteiger partial charge in [-0.1, -0.05) is 12.1 Å². The molecular formula is C17H27AlN2O3. The van der Waals surface area contributed by atoms with Crippen LogP contribution in [0.2, 0.25) is 0 Å². The van der Waals surface area contributed by atoms with Crippen LogP contribution in [0.3, 0.4) is 0 Å². The van der Waals surface area contributed by atoms with Crippen molar-refractivity contribution in [3.8, 4) is 0 Å². The molecule has 5 nitrogen and oxygen atoms in total. The van der Waals surface area contributed by atoms with E-state index in [4.69, 9.17) is 10.5 Å². The summed E-state index contributed by atoms with van der Waals surface area (Å²) in [5.41, 5.74) is 7.07. The number of hydrogen-bond acceptors (Lipinski definition) is 4. The third kappa shape index (κ3) is 4.87. The van der Waals surface area contributed by atoms with E-state index in [1.165, 1.54) is 0 Å². The topological polar surface area (TPSA) is 75.8 Å². The Labute approximate surface area is 146 Å². The predicted octanol–water partition coefficient (Wildman–Crippen LogP) is 1.53. The van der Waals surface area contributed by atoms with Gasteiger partial charge in [-0.15, -0.1) is 0 Å². The molecule has 126 valence electrons. The molecule has 0 aromatic heterocycles. The van der Waals surface area contributed by atoms with Crippen LogP contribution in [-0.4, -0.2) is 55.0 Å². The van der Waals surface area contributed by atoms with Gasteiger partial charge in [-0.25, -0.2) is 4.79 Å². The predicted molar refractivity (Wildman–Crippen MR) is 94.0 cm³/mol. The zero-order valence-corrected chi connectivity index (χ0v) is 16.5. The first-order valence-electron chi connectivity index (χ1n) is 8.21. The Hall–Kier alpha value is -1.22. The van der Waals surface area contributed by atoms with Crippen molar-refractivity contribution < 1.29 is 14.6 Å². The maximum Gasteiger partial charge on any atom is 0.410 e. The Morgan fingerprint density at radius 3 is 2.52 bits per heavy atom. The van der Waals surface area contributed by atoms with Crippen LogP contribution >= 0.6 is 0 Å². The summed E-state index contributed by atoms with van der Waals surface area (Å²) in [6.45, 7) is 5.59. The van der Waals surface area contributed by atoms with Crippen LogP contribution in [0.15, 0.2) is 24.3 Å². The Morgan fingerprint density at radius 2 is 2.00 bits per heavy atom. The molecular weight excluding hydrogens is 307 g/mol. The number of nitrogens with zero attached hydrogens (tertiary/aromatic N) is 1. The van der Waals surface area contributed by atoms with Gasteiger partial charge in [0, 0.05) is 22.7 Å². The molecule has 1 aromatic rings. The fourth-order valence-electron chi connectivity index (χ4n) is 3.11. The number of carbonyl (C=O) groups is 1. The molecule has 3 N–H and O–H groups in total. The van der Waals surface area contributed by atoms with Crippen molar-refractivity contribution >= 4 is 28.1 Å². The Kier molecular flexibility index (Phi) is 5.62. The van der Waals surface area contributed by atoms with Crippen molar-refractivity contribution in [3.63, 3.8) is 0 Å². The van der Waals surface area contributed by atoms with Crippen LogP contribution < -0.4 is 5.73 Å². The highest BCUT2D eigenvalue weighted by Gasteiger charge is 2.40. The number of nitrogen functional groups attached to an aromatic ring is 1. The van der Waals surface area contributed by atoms with Crippen molar-refractivity contribution in [2.45, 2.75) is 62.7 Å². The highest BCUT2D eigenvalue weighted by atomic mass is 27.0. The largest absolute Gasteiger partial charge is 0.444 e. The van der Waals surface area contributed by atoms with Gasteiger partial charge in [-0.05, 0) is 57.7 Å². The molecule has 1 heterocycles. The molecule has 3 atom stereocenters. The van der Waals surface area contributed by atoms with E-state index in [0.29, 0.717) is 16.3 Å². The van der Waals surface area contributed by atoms with E-state index in [0.717, 1.165) is 30.5 Å².